The predicted molar refractivity (Wildman–Crippen MR) is 94.7 cm³/mol. The highest BCUT2D eigenvalue weighted by atomic mass is 19.1. The van der Waals surface area contributed by atoms with Crippen molar-refractivity contribution in [3.8, 4) is 0 Å². The second-order valence-electron chi connectivity index (χ2n) is 4.16. The summed E-state index contributed by atoms with van der Waals surface area (Å²) in [5, 5.41) is 0. The largest absolute Gasteiger partial charge is 0.261 e. The molecule has 0 N–H and O–H groups in total. The van der Waals surface area contributed by atoms with E-state index >= 15 is 0 Å². The van der Waals surface area contributed by atoms with Crippen LogP contribution in [0, 0.1) is 26.7 Å². The summed E-state index contributed by atoms with van der Waals surface area (Å²) in [5.74, 6) is -0.387. The average molecular weight is 306 g/mol. The summed E-state index contributed by atoms with van der Waals surface area (Å²) in [4.78, 5) is 7.80. The Morgan fingerprint density at radius 3 is 1.86 bits per heavy atom. The molecular formula is C19H31FN2. The lowest BCUT2D eigenvalue weighted by Crippen LogP contribution is -1.93. The van der Waals surface area contributed by atoms with Gasteiger partial charge in [0.15, 0.2) is 0 Å². The van der Waals surface area contributed by atoms with Crippen LogP contribution in [0.15, 0.2) is 30.5 Å². The third-order valence-corrected chi connectivity index (χ3v) is 2.77. The van der Waals surface area contributed by atoms with Crippen LogP contribution in [0.25, 0.3) is 0 Å². The molecule has 0 aliphatic carbocycles. The highest BCUT2D eigenvalue weighted by Gasteiger charge is 1.97. The Balaban J connectivity index is 0. The Hall–Kier alpha value is -1.77. The molecule has 0 aliphatic rings. The average Bonchev–Trinajstić information content (AvgIpc) is 2.57. The zero-order valence-electron chi connectivity index (χ0n) is 15.4. The summed E-state index contributed by atoms with van der Waals surface area (Å²) >= 11 is 0. The van der Waals surface area contributed by atoms with E-state index in [1.807, 2.05) is 60.7 Å². The van der Waals surface area contributed by atoms with Crippen molar-refractivity contribution < 1.29 is 4.39 Å². The predicted octanol–water partition coefficient (Wildman–Crippen LogP) is 5.84. The SMILES string of the molecule is CC.CC.CCc1nc(F)ccc1C.Cc1cccnc1C. The fourth-order valence-corrected chi connectivity index (χ4v) is 1.47. The first-order valence-corrected chi connectivity index (χ1v) is 8.04. The van der Waals surface area contributed by atoms with Gasteiger partial charge in [0, 0.05) is 17.6 Å². The molecule has 2 heterocycles. The lowest BCUT2D eigenvalue weighted by Gasteiger charge is -1.99. The van der Waals surface area contributed by atoms with Gasteiger partial charge in [0.2, 0.25) is 5.95 Å². The van der Waals surface area contributed by atoms with E-state index in [-0.39, 0.29) is 5.95 Å². The monoisotopic (exact) mass is 306 g/mol. The molecule has 0 saturated heterocycles. The van der Waals surface area contributed by atoms with Crippen LogP contribution in [0.2, 0.25) is 0 Å². The molecule has 22 heavy (non-hydrogen) atoms. The van der Waals surface area contributed by atoms with Crippen molar-refractivity contribution in [1.82, 2.24) is 9.97 Å². The van der Waals surface area contributed by atoms with Crippen LogP contribution in [0.5, 0.6) is 0 Å². The first kappa shape index (κ1) is 22.5. The molecule has 0 unspecified atom stereocenters. The molecule has 2 aromatic rings. The number of pyridine rings is 2. The van der Waals surface area contributed by atoms with Crippen LogP contribution in [0.1, 0.15) is 57.1 Å². The van der Waals surface area contributed by atoms with Gasteiger partial charge in [-0.15, -0.1) is 0 Å². The molecule has 0 aromatic carbocycles. The summed E-state index contributed by atoms with van der Waals surface area (Å²) in [6, 6.07) is 7.14. The van der Waals surface area contributed by atoms with Crippen molar-refractivity contribution in [2.45, 2.75) is 61.8 Å². The molecule has 0 saturated carbocycles. The minimum absolute atomic E-state index is 0.387. The molecule has 0 spiro atoms. The Labute approximate surface area is 135 Å². The molecule has 0 fully saturated rings. The van der Waals surface area contributed by atoms with E-state index in [4.69, 9.17) is 0 Å². The normalized spacial score (nSPS) is 8.41. The number of hydrogen-bond acceptors (Lipinski definition) is 2. The number of hydrogen-bond donors (Lipinski definition) is 0. The number of aryl methyl sites for hydroxylation is 4. The van der Waals surface area contributed by atoms with Crippen LogP contribution in [-0.4, -0.2) is 9.97 Å². The van der Waals surface area contributed by atoms with Crippen LogP contribution in [0.4, 0.5) is 4.39 Å². The van der Waals surface area contributed by atoms with Crippen molar-refractivity contribution in [3.05, 3.63) is 58.9 Å². The van der Waals surface area contributed by atoms with E-state index in [9.17, 15) is 4.39 Å². The van der Waals surface area contributed by atoms with Gasteiger partial charge in [-0.3, -0.25) is 4.98 Å². The summed E-state index contributed by atoms with van der Waals surface area (Å²) < 4.78 is 12.4. The summed E-state index contributed by atoms with van der Waals surface area (Å²) in [6.07, 6.45) is 2.60. The van der Waals surface area contributed by atoms with Gasteiger partial charge >= 0.3 is 0 Å². The maximum Gasteiger partial charge on any atom is 0.213 e. The molecule has 2 rings (SSSR count). The third kappa shape index (κ3) is 9.22. The zero-order chi connectivity index (χ0) is 17.5. The molecule has 0 aliphatic heterocycles. The molecular weight excluding hydrogens is 275 g/mol. The van der Waals surface area contributed by atoms with Crippen LogP contribution in [0.3, 0.4) is 0 Å². The number of rotatable bonds is 1. The molecule has 2 nitrogen and oxygen atoms in total. The van der Waals surface area contributed by atoms with Gasteiger partial charge in [-0.05, 0) is 50.5 Å². The summed E-state index contributed by atoms with van der Waals surface area (Å²) in [5.41, 5.74) is 4.28. The second-order valence-corrected chi connectivity index (χ2v) is 4.16. The highest BCUT2D eigenvalue weighted by Crippen LogP contribution is 2.05. The topological polar surface area (TPSA) is 25.8 Å². The van der Waals surface area contributed by atoms with Gasteiger partial charge in [-0.1, -0.05) is 46.8 Å². The first-order valence-electron chi connectivity index (χ1n) is 8.04. The van der Waals surface area contributed by atoms with E-state index in [1.165, 1.54) is 11.6 Å². The molecule has 2 aromatic heterocycles. The van der Waals surface area contributed by atoms with Gasteiger partial charge in [0.25, 0.3) is 0 Å². The fourth-order valence-electron chi connectivity index (χ4n) is 1.47. The minimum atomic E-state index is -0.387. The molecule has 0 amide bonds. The number of halogens is 1. The second kappa shape index (κ2) is 14.2. The van der Waals surface area contributed by atoms with Crippen molar-refractivity contribution in [2.75, 3.05) is 0 Å². The molecule has 0 bridgehead atoms. The van der Waals surface area contributed by atoms with Crippen molar-refractivity contribution >= 4 is 0 Å². The number of nitrogens with zero attached hydrogens (tertiary/aromatic N) is 2. The van der Waals surface area contributed by atoms with Gasteiger partial charge in [0.1, 0.15) is 0 Å². The maximum atomic E-state index is 12.4. The first-order chi connectivity index (χ1) is 10.5. The molecule has 124 valence electrons. The van der Waals surface area contributed by atoms with Crippen molar-refractivity contribution in [3.63, 3.8) is 0 Å². The van der Waals surface area contributed by atoms with E-state index in [1.54, 1.807) is 6.07 Å². The smallest absolute Gasteiger partial charge is 0.213 e. The Morgan fingerprint density at radius 2 is 1.50 bits per heavy atom. The van der Waals surface area contributed by atoms with E-state index < -0.39 is 0 Å². The molecule has 3 heteroatoms. The van der Waals surface area contributed by atoms with Crippen molar-refractivity contribution in [2.24, 2.45) is 0 Å². The Bertz CT molecular complexity index is 490. The van der Waals surface area contributed by atoms with Crippen molar-refractivity contribution in [1.29, 1.82) is 0 Å². The fraction of sp³-hybridized carbons (Fsp3) is 0.474. The Morgan fingerprint density at radius 1 is 0.909 bits per heavy atom. The summed E-state index contributed by atoms with van der Waals surface area (Å²) in [7, 11) is 0. The third-order valence-electron chi connectivity index (χ3n) is 2.77. The lowest BCUT2D eigenvalue weighted by molar-refractivity contribution is 0.576. The van der Waals surface area contributed by atoms with E-state index in [0.717, 1.165) is 23.4 Å². The molecule has 0 atom stereocenters. The standard InChI is InChI=1S/C8H10FN.C7H9N.2C2H6/c1-3-7-6(2)4-5-8(9)10-7;1-6-4-3-5-8-7(6)2;2*1-2/h4-5H,3H2,1-2H3;3-5H,1-2H3;2*1-2H3. The highest BCUT2D eigenvalue weighted by molar-refractivity contribution is 5.17. The van der Waals surface area contributed by atoms with Gasteiger partial charge < -0.3 is 0 Å². The van der Waals surface area contributed by atoms with Crippen LogP contribution >= 0.6 is 0 Å². The lowest BCUT2D eigenvalue weighted by atomic mass is 10.2. The van der Waals surface area contributed by atoms with Gasteiger partial charge in [-0.2, -0.15) is 4.39 Å². The van der Waals surface area contributed by atoms with Gasteiger partial charge in [-0.25, -0.2) is 4.98 Å². The summed E-state index contributed by atoms with van der Waals surface area (Å²) in [6.45, 7) is 16.0. The minimum Gasteiger partial charge on any atom is -0.261 e. The van der Waals surface area contributed by atoms with E-state index in [0.29, 0.717) is 0 Å². The van der Waals surface area contributed by atoms with Gasteiger partial charge in [0.05, 0.1) is 0 Å². The van der Waals surface area contributed by atoms with Crippen LogP contribution < -0.4 is 0 Å². The van der Waals surface area contributed by atoms with Crippen LogP contribution in [-0.2, 0) is 6.42 Å². The number of aromatic nitrogens is 2. The quantitative estimate of drug-likeness (QED) is 0.618. The zero-order valence-corrected chi connectivity index (χ0v) is 15.4. The Kier molecular flexibility index (Phi) is 14.5. The molecule has 0 radical (unpaired) electrons. The van der Waals surface area contributed by atoms with E-state index in [2.05, 4.69) is 23.0 Å². The maximum absolute atomic E-state index is 12.4.